The molecule has 2 saturated heterocycles. The van der Waals surface area contributed by atoms with Crippen molar-refractivity contribution in [2.75, 3.05) is 86.6 Å². The van der Waals surface area contributed by atoms with Crippen LogP contribution in [0, 0.1) is 19.8 Å². The fourth-order valence-electron chi connectivity index (χ4n) is 5.55. The first-order valence-electron chi connectivity index (χ1n) is 14.7. The van der Waals surface area contributed by atoms with Gasteiger partial charge < -0.3 is 25.5 Å². The number of aryl methyl sites for hydroxylation is 2. The molecule has 2 aliphatic heterocycles. The number of hydrogen-bond acceptors (Lipinski definition) is 7. The number of carbonyl (C=O) groups is 1. The van der Waals surface area contributed by atoms with Crippen LogP contribution in [0.1, 0.15) is 44.2 Å². The third-order valence-corrected chi connectivity index (χ3v) is 7.82. The number of piperazine rings is 1. The van der Waals surface area contributed by atoms with Crippen LogP contribution in [0.25, 0.3) is 0 Å². The summed E-state index contributed by atoms with van der Waals surface area (Å²) in [7, 11) is 1.97. The van der Waals surface area contributed by atoms with Crippen molar-refractivity contribution in [3.8, 4) is 0 Å². The lowest BCUT2D eigenvalue weighted by Crippen LogP contribution is -2.49. The average Bonchev–Trinajstić information content (AvgIpc) is 2.96. The molecule has 8 nitrogen and oxygen atoms in total. The first kappa shape index (κ1) is 30.7. The standard InChI is InChI=1S/C29H44N6O2.C2H6/c1-22-19-26(5-6-27(22)32-29(37)8-11-31-21-36)34-16-14-33(15-17-34)20-24-9-12-35(13-10-24)28-7-4-25(30-3)18-23(28)2;1-2/h4-7,18-19,24,30-31,36H,8-17,20-21H2,1-3H3,(H,32,37);1-2H3. The quantitative estimate of drug-likeness (QED) is 0.266. The number of anilines is 4. The van der Waals surface area contributed by atoms with Gasteiger partial charge in [0.1, 0.15) is 0 Å². The number of benzene rings is 2. The van der Waals surface area contributed by atoms with Crippen molar-refractivity contribution < 1.29 is 9.90 Å². The van der Waals surface area contributed by atoms with Gasteiger partial charge in [0.05, 0.1) is 6.73 Å². The van der Waals surface area contributed by atoms with Crippen LogP contribution in [0.2, 0.25) is 0 Å². The lowest BCUT2D eigenvalue weighted by Gasteiger charge is -2.40. The van der Waals surface area contributed by atoms with E-state index in [1.54, 1.807) is 0 Å². The summed E-state index contributed by atoms with van der Waals surface area (Å²) in [5, 5.41) is 17.8. The zero-order valence-corrected chi connectivity index (χ0v) is 24.7. The Hall–Kier alpha value is -2.81. The second-order valence-corrected chi connectivity index (χ2v) is 10.4. The maximum absolute atomic E-state index is 12.1. The summed E-state index contributed by atoms with van der Waals surface area (Å²) in [4.78, 5) is 19.8. The Kier molecular flexibility index (Phi) is 12.4. The van der Waals surface area contributed by atoms with Gasteiger partial charge in [-0.1, -0.05) is 13.8 Å². The number of nitrogens with one attached hydrogen (secondary N) is 3. The summed E-state index contributed by atoms with van der Waals surface area (Å²) in [5.74, 6) is 0.732. The second-order valence-electron chi connectivity index (χ2n) is 10.4. The van der Waals surface area contributed by atoms with Crippen molar-refractivity contribution in [1.29, 1.82) is 0 Å². The fraction of sp³-hybridized carbons (Fsp3) is 0.581. The SMILES string of the molecule is CC.CNc1ccc(N2CCC(CN3CCN(c4ccc(NC(=O)CCNCO)c(C)c4)CC3)CC2)c(C)c1. The van der Waals surface area contributed by atoms with Crippen LogP contribution in [0.4, 0.5) is 22.7 Å². The van der Waals surface area contributed by atoms with Gasteiger partial charge in [-0.05, 0) is 80.1 Å². The Morgan fingerprint density at radius 2 is 1.64 bits per heavy atom. The molecule has 0 unspecified atom stereocenters. The third-order valence-electron chi connectivity index (χ3n) is 7.82. The van der Waals surface area contributed by atoms with Crippen molar-refractivity contribution in [3.63, 3.8) is 0 Å². The number of piperidine rings is 1. The molecule has 8 heteroatoms. The molecule has 39 heavy (non-hydrogen) atoms. The minimum atomic E-state index is -0.112. The molecule has 0 atom stereocenters. The summed E-state index contributed by atoms with van der Waals surface area (Å²) in [6, 6.07) is 13.0. The monoisotopic (exact) mass is 538 g/mol. The number of nitrogens with zero attached hydrogens (tertiary/aromatic N) is 3. The fourth-order valence-corrected chi connectivity index (χ4v) is 5.55. The van der Waals surface area contributed by atoms with Crippen LogP contribution in [-0.4, -0.2) is 82.1 Å². The van der Waals surface area contributed by atoms with E-state index < -0.39 is 0 Å². The van der Waals surface area contributed by atoms with Gasteiger partial charge in [-0.25, -0.2) is 0 Å². The minimum absolute atomic E-state index is 0.0434. The highest BCUT2D eigenvalue weighted by Gasteiger charge is 2.25. The van der Waals surface area contributed by atoms with Crippen molar-refractivity contribution in [2.24, 2.45) is 5.92 Å². The number of amides is 1. The Morgan fingerprint density at radius 1 is 0.923 bits per heavy atom. The first-order chi connectivity index (χ1) is 19.0. The largest absolute Gasteiger partial charge is 0.388 e. The molecule has 0 spiro atoms. The van der Waals surface area contributed by atoms with Crippen LogP contribution < -0.4 is 25.8 Å². The molecule has 2 aromatic rings. The minimum Gasteiger partial charge on any atom is -0.388 e. The number of carbonyl (C=O) groups excluding carboxylic acids is 1. The predicted octanol–water partition coefficient (Wildman–Crippen LogP) is 4.28. The van der Waals surface area contributed by atoms with Crippen LogP contribution in [0.3, 0.4) is 0 Å². The summed E-state index contributed by atoms with van der Waals surface area (Å²) in [6.07, 6.45) is 2.86. The first-order valence-corrected chi connectivity index (χ1v) is 14.7. The molecule has 4 N–H and O–H groups in total. The molecule has 2 aliphatic rings. The molecule has 4 rings (SSSR count). The van der Waals surface area contributed by atoms with E-state index in [0.29, 0.717) is 13.0 Å². The van der Waals surface area contributed by atoms with E-state index in [2.05, 4.69) is 67.9 Å². The van der Waals surface area contributed by atoms with E-state index in [1.807, 2.05) is 33.9 Å². The van der Waals surface area contributed by atoms with Crippen LogP contribution in [0.5, 0.6) is 0 Å². The molecule has 0 bridgehead atoms. The van der Waals surface area contributed by atoms with E-state index in [9.17, 15) is 4.79 Å². The van der Waals surface area contributed by atoms with Crippen LogP contribution >= 0.6 is 0 Å². The van der Waals surface area contributed by atoms with E-state index in [1.165, 1.54) is 42.0 Å². The van der Waals surface area contributed by atoms with Gasteiger partial charge >= 0.3 is 0 Å². The van der Waals surface area contributed by atoms with Crippen molar-refractivity contribution in [2.45, 2.75) is 47.0 Å². The van der Waals surface area contributed by atoms with Gasteiger partial charge in [-0.3, -0.25) is 15.0 Å². The van der Waals surface area contributed by atoms with Gasteiger partial charge in [0.15, 0.2) is 0 Å². The van der Waals surface area contributed by atoms with Gasteiger partial charge in [0, 0.05) is 88.6 Å². The van der Waals surface area contributed by atoms with Crippen molar-refractivity contribution >= 4 is 28.7 Å². The normalized spacial score (nSPS) is 16.5. The number of aliphatic hydroxyl groups is 1. The Balaban J connectivity index is 0.00000205. The maximum Gasteiger partial charge on any atom is 0.225 e. The highest BCUT2D eigenvalue weighted by Crippen LogP contribution is 2.29. The molecular weight excluding hydrogens is 488 g/mol. The third kappa shape index (κ3) is 8.85. The molecule has 0 aliphatic carbocycles. The number of aliphatic hydroxyl groups excluding tert-OH is 1. The molecule has 2 heterocycles. The summed E-state index contributed by atoms with van der Waals surface area (Å²) < 4.78 is 0. The van der Waals surface area contributed by atoms with E-state index in [-0.39, 0.29) is 12.6 Å². The predicted molar refractivity (Wildman–Crippen MR) is 165 cm³/mol. The number of rotatable bonds is 10. The highest BCUT2D eigenvalue weighted by molar-refractivity contribution is 5.91. The van der Waals surface area contributed by atoms with Crippen molar-refractivity contribution in [3.05, 3.63) is 47.5 Å². The van der Waals surface area contributed by atoms with Crippen LogP contribution in [-0.2, 0) is 4.79 Å². The second kappa shape index (κ2) is 15.7. The molecule has 1 amide bonds. The topological polar surface area (TPSA) is 83.1 Å². The smallest absolute Gasteiger partial charge is 0.225 e. The Morgan fingerprint density at radius 3 is 2.26 bits per heavy atom. The van der Waals surface area contributed by atoms with Gasteiger partial charge in [-0.2, -0.15) is 0 Å². The lowest BCUT2D eigenvalue weighted by atomic mass is 9.95. The molecule has 0 saturated carbocycles. The van der Waals surface area contributed by atoms with E-state index in [0.717, 1.165) is 56.4 Å². The maximum atomic E-state index is 12.1. The molecule has 2 fully saturated rings. The average molecular weight is 539 g/mol. The molecule has 216 valence electrons. The zero-order valence-electron chi connectivity index (χ0n) is 24.7. The van der Waals surface area contributed by atoms with Gasteiger partial charge in [-0.15, -0.1) is 0 Å². The van der Waals surface area contributed by atoms with Gasteiger partial charge in [0.25, 0.3) is 0 Å². The Labute approximate surface area is 235 Å². The summed E-state index contributed by atoms with van der Waals surface area (Å²) in [5.41, 5.74) is 7.07. The zero-order chi connectivity index (χ0) is 28.2. The highest BCUT2D eigenvalue weighted by atomic mass is 16.3. The molecule has 2 aromatic carbocycles. The molecule has 0 aromatic heterocycles. The van der Waals surface area contributed by atoms with E-state index in [4.69, 9.17) is 5.11 Å². The van der Waals surface area contributed by atoms with E-state index >= 15 is 0 Å². The van der Waals surface area contributed by atoms with Crippen molar-refractivity contribution in [1.82, 2.24) is 10.2 Å². The van der Waals surface area contributed by atoms with Crippen LogP contribution in [0.15, 0.2) is 36.4 Å². The summed E-state index contributed by atoms with van der Waals surface area (Å²) in [6.45, 7) is 16.4. The molecular formula is C31H50N6O2. The number of hydrogen-bond donors (Lipinski definition) is 4. The Bertz CT molecular complexity index is 1030. The lowest BCUT2D eigenvalue weighted by molar-refractivity contribution is -0.116. The summed E-state index contributed by atoms with van der Waals surface area (Å²) >= 11 is 0. The molecule has 0 radical (unpaired) electrons. The van der Waals surface area contributed by atoms with Gasteiger partial charge in [0.2, 0.25) is 5.91 Å².